The van der Waals surface area contributed by atoms with Crippen molar-refractivity contribution >= 4 is 5.69 Å². The lowest BCUT2D eigenvalue weighted by atomic mass is 9.76. The second-order valence-corrected chi connectivity index (χ2v) is 11.0. The molecule has 0 unspecified atom stereocenters. The van der Waals surface area contributed by atoms with E-state index in [9.17, 15) is 0 Å². The zero-order chi connectivity index (χ0) is 29.3. The number of benzene rings is 5. The summed E-state index contributed by atoms with van der Waals surface area (Å²) in [5.41, 5.74) is 5.62. The van der Waals surface area contributed by atoms with Gasteiger partial charge in [0, 0.05) is 18.4 Å². The van der Waals surface area contributed by atoms with Crippen molar-refractivity contribution in [1.29, 1.82) is 0 Å². The molecule has 5 aromatic rings. The maximum atomic E-state index is 6.00. The van der Waals surface area contributed by atoms with Gasteiger partial charge in [0.15, 0.2) is 0 Å². The number of rotatable bonds is 12. The van der Waals surface area contributed by atoms with Gasteiger partial charge in [0.2, 0.25) is 0 Å². The van der Waals surface area contributed by atoms with Crippen molar-refractivity contribution in [3.8, 4) is 11.5 Å². The van der Waals surface area contributed by atoms with Crippen LogP contribution < -0.4 is 10.1 Å². The van der Waals surface area contributed by atoms with Crippen molar-refractivity contribution in [1.82, 2.24) is 9.80 Å². The Kier molecular flexibility index (Phi) is 8.74. The number of nitrogens with zero attached hydrogens (tertiary/aromatic N) is 2. The van der Waals surface area contributed by atoms with Crippen molar-refractivity contribution in [3.63, 3.8) is 0 Å². The van der Waals surface area contributed by atoms with Crippen molar-refractivity contribution in [3.05, 3.63) is 174 Å². The molecule has 0 spiro atoms. The second-order valence-electron chi connectivity index (χ2n) is 11.0. The molecular weight excluding hydrogens is 526 g/mol. The Bertz CT molecular complexity index is 1490. The quantitative estimate of drug-likeness (QED) is 0.153. The van der Waals surface area contributed by atoms with Crippen LogP contribution in [-0.2, 0) is 5.54 Å². The van der Waals surface area contributed by atoms with Crippen molar-refractivity contribution in [2.75, 3.05) is 25.1 Å². The molecule has 216 valence electrons. The number of nitrogens with one attached hydrogen (secondary N) is 1. The van der Waals surface area contributed by atoms with Crippen LogP contribution in [-0.4, -0.2) is 29.6 Å². The average molecular weight is 566 g/mol. The average Bonchev–Trinajstić information content (AvgIpc) is 3.48. The first-order valence-corrected chi connectivity index (χ1v) is 15.2. The number of unbranched alkanes of at least 4 members (excludes halogenated alkanes) is 1. The summed E-state index contributed by atoms with van der Waals surface area (Å²) in [6.07, 6.45) is 4.68. The van der Waals surface area contributed by atoms with Crippen LogP contribution in [0.15, 0.2) is 157 Å². The van der Waals surface area contributed by atoms with E-state index in [1.165, 1.54) is 22.4 Å². The highest BCUT2D eigenvalue weighted by Gasteiger charge is 2.43. The third-order valence-electron chi connectivity index (χ3n) is 8.13. The number of anilines is 1. The largest absolute Gasteiger partial charge is 0.457 e. The summed E-state index contributed by atoms with van der Waals surface area (Å²) in [5.74, 6) is 1.66. The van der Waals surface area contributed by atoms with Gasteiger partial charge in [-0.25, -0.2) is 0 Å². The molecule has 4 nitrogen and oxygen atoms in total. The minimum Gasteiger partial charge on any atom is -0.457 e. The highest BCUT2D eigenvalue weighted by molar-refractivity contribution is 5.52. The summed E-state index contributed by atoms with van der Waals surface area (Å²) in [6, 6.07) is 50.9. The second kappa shape index (κ2) is 13.3. The van der Waals surface area contributed by atoms with Gasteiger partial charge in [-0.15, -0.1) is 0 Å². The van der Waals surface area contributed by atoms with Crippen molar-refractivity contribution in [2.24, 2.45) is 0 Å². The van der Waals surface area contributed by atoms with E-state index >= 15 is 0 Å². The Morgan fingerprint density at radius 3 is 1.63 bits per heavy atom. The molecule has 0 saturated carbocycles. The van der Waals surface area contributed by atoms with E-state index in [2.05, 4.69) is 131 Å². The lowest BCUT2D eigenvalue weighted by molar-refractivity contribution is 0.174. The van der Waals surface area contributed by atoms with E-state index in [-0.39, 0.29) is 0 Å². The maximum absolute atomic E-state index is 6.00. The van der Waals surface area contributed by atoms with Crippen LogP contribution in [0, 0.1) is 0 Å². The first-order valence-electron chi connectivity index (χ1n) is 15.2. The molecule has 5 aromatic carbocycles. The summed E-state index contributed by atoms with van der Waals surface area (Å²) in [6.45, 7) is 4.81. The normalized spacial score (nSPS) is 13.1. The third-order valence-corrected chi connectivity index (χ3v) is 8.13. The Labute approximate surface area is 255 Å². The van der Waals surface area contributed by atoms with E-state index in [4.69, 9.17) is 4.74 Å². The molecule has 0 atom stereocenters. The topological polar surface area (TPSA) is 27.7 Å². The molecular formula is C39H39N3O. The summed E-state index contributed by atoms with van der Waals surface area (Å²) < 4.78 is 6.00. The van der Waals surface area contributed by atoms with Gasteiger partial charge < -0.3 is 19.9 Å². The Hall–Kier alpha value is -4.96. The summed E-state index contributed by atoms with van der Waals surface area (Å²) in [4.78, 5) is 5.07. The smallest absolute Gasteiger partial charge is 0.127 e. The standard InChI is InChI=1S/C39H39N3O/c1-2-3-28-41-31-42(30-36(41)29-40-35-24-26-38(27-25-35)43-37-22-14-7-15-23-37)39(32-16-8-4-9-17-32,33-18-10-5-11-19-33)34-20-12-6-13-21-34/h4-27,30,40H,2-3,28-29,31H2,1H3. The molecule has 1 aliphatic rings. The van der Waals surface area contributed by atoms with Crippen molar-refractivity contribution in [2.45, 2.75) is 25.3 Å². The molecule has 0 saturated heterocycles. The third kappa shape index (κ3) is 6.14. The fraction of sp³-hybridized carbons (Fsp3) is 0.179. The van der Waals surface area contributed by atoms with Crippen LogP contribution in [0.2, 0.25) is 0 Å². The summed E-state index contributed by atoms with van der Waals surface area (Å²) in [5, 5.41) is 3.68. The molecule has 0 aromatic heterocycles. The van der Waals surface area contributed by atoms with Crippen LogP contribution in [0.25, 0.3) is 0 Å². The SMILES string of the molecule is CCCCN1CN(C(c2ccccc2)(c2ccccc2)c2ccccc2)C=C1CNc1ccc(Oc2ccccc2)cc1. The van der Waals surface area contributed by atoms with E-state index in [1.54, 1.807) is 0 Å². The minimum atomic E-state index is -0.480. The van der Waals surface area contributed by atoms with Gasteiger partial charge in [0.05, 0.1) is 18.9 Å². The summed E-state index contributed by atoms with van der Waals surface area (Å²) in [7, 11) is 0. The Morgan fingerprint density at radius 1 is 0.628 bits per heavy atom. The van der Waals surface area contributed by atoms with Gasteiger partial charge in [0.1, 0.15) is 17.0 Å². The van der Waals surface area contributed by atoms with Crippen LogP contribution in [0.5, 0.6) is 11.5 Å². The van der Waals surface area contributed by atoms with Gasteiger partial charge >= 0.3 is 0 Å². The molecule has 0 fully saturated rings. The summed E-state index contributed by atoms with van der Waals surface area (Å²) >= 11 is 0. The molecule has 43 heavy (non-hydrogen) atoms. The van der Waals surface area contributed by atoms with E-state index in [0.29, 0.717) is 0 Å². The number of hydrogen-bond donors (Lipinski definition) is 1. The fourth-order valence-corrected chi connectivity index (χ4v) is 5.99. The Morgan fingerprint density at radius 2 is 1.12 bits per heavy atom. The predicted octanol–water partition coefficient (Wildman–Crippen LogP) is 9.10. The lowest BCUT2D eigenvalue weighted by Crippen LogP contribution is -2.46. The van der Waals surface area contributed by atoms with E-state index in [0.717, 1.165) is 49.8 Å². The molecule has 4 heteroatoms. The number of ether oxygens (including phenoxy) is 1. The maximum Gasteiger partial charge on any atom is 0.127 e. The Balaban J connectivity index is 1.33. The van der Waals surface area contributed by atoms with Crippen LogP contribution in [0.1, 0.15) is 36.5 Å². The monoisotopic (exact) mass is 565 g/mol. The van der Waals surface area contributed by atoms with Gasteiger partial charge in [-0.1, -0.05) is 123 Å². The van der Waals surface area contributed by atoms with Gasteiger partial charge in [0.25, 0.3) is 0 Å². The number of hydrogen-bond acceptors (Lipinski definition) is 4. The van der Waals surface area contributed by atoms with Crippen molar-refractivity contribution < 1.29 is 4.74 Å². The zero-order valence-electron chi connectivity index (χ0n) is 24.8. The van der Waals surface area contributed by atoms with E-state index in [1.807, 2.05) is 42.5 Å². The minimum absolute atomic E-state index is 0.480. The molecule has 0 bridgehead atoms. The van der Waals surface area contributed by atoms with E-state index < -0.39 is 5.54 Å². The molecule has 1 heterocycles. The van der Waals surface area contributed by atoms with Gasteiger partial charge in [-0.05, 0) is 59.5 Å². The molecule has 6 rings (SSSR count). The molecule has 1 aliphatic heterocycles. The first-order chi connectivity index (χ1) is 21.3. The van der Waals surface area contributed by atoms with Gasteiger partial charge in [-0.3, -0.25) is 0 Å². The van der Waals surface area contributed by atoms with Crippen LogP contribution in [0.3, 0.4) is 0 Å². The highest BCUT2D eigenvalue weighted by Crippen LogP contribution is 2.44. The first kappa shape index (κ1) is 28.2. The molecule has 0 aliphatic carbocycles. The van der Waals surface area contributed by atoms with Gasteiger partial charge in [-0.2, -0.15) is 0 Å². The van der Waals surface area contributed by atoms with Crippen LogP contribution in [0.4, 0.5) is 5.69 Å². The molecule has 0 amide bonds. The number of para-hydroxylation sites is 1. The fourth-order valence-electron chi connectivity index (χ4n) is 5.99. The van der Waals surface area contributed by atoms with Crippen LogP contribution >= 0.6 is 0 Å². The molecule has 0 radical (unpaired) electrons. The highest BCUT2D eigenvalue weighted by atomic mass is 16.5. The predicted molar refractivity (Wildman–Crippen MR) is 177 cm³/mol. The lowest BCUT2D eigenvalue weighted by Gasteiger charge is -2.44. The zero-order valence-corrected chi connectivity index (χ0v) is 24.8. The molecule has 1 N–H and O–H groups in total.